The van der Waals surface area contributed by atoms with E-state index in [1.165, 1.54) is 6.08 Å². The highest BCUT2D eigenvalue weighted by Crippen LogP contribution is 2.13. The molecule has 1 rings (SSSR count). The van der Waals surface area contributed by atoms with E-state index in [-0.39, 0.29) is 0 Å². The van der Waals surface area contributed by atoms with Crippen LogP contribution < -0.4 is 4.74 Å². The molecule has 1 aromatic rings. The van der Waals surface area contributed by atoms with Crippen molar-refractivity contribution in [2.45, 2.75) is 13.5 Å². The van der Waals surface area contributed by atoms with Gasteiger partial charge in [-0.25, -0.2) is 9.79 Å². The number of rotatable bonds is 5. The number of ether oxygens (including phenoxy) is 1. The summed E-state index contributed by atoms with van der Waals surface area (Å²) in [5.74, 6) is 0.789. The summed E-state index contributed by atoms with van der Waals surface area (Å²) in [5, 5.41) is 0. The van der Waals surface area contributed by atoms with Crippen molar-refractivity contribution in [3.8, 4) is 5.75 Å². The van der Waals surface area contributed by atoms with Crippen LogP contribution in [0.3, 0.4) is 0 Å². The maximum absolute atomic E-state index is 9.90. The van der Waals surface area contributed by atoms with Crippen molar-refractivity contribution in [3.05, 3.63) is 42.0 Å². The molecule has 0 saturated carbocycles. The van der Waals surface area contributed by atoms with E-state index in [1.54, 1.807) is 0 Å². The van der Waals surface area contributed by atoms with Gasteiger partial charge in [-0.1, -0.05) is 18.7 Å². The summed E-state index contributed by atoms with van der Waals surface area (Å²) in [7, 11) is 0. The standard InChI is InChI=1S/C12H13NO2/c1-10(2)8-15-12-5-3-11(4-6-12)7-13-9-14/h3-6H,1,7-8H2,2H3. The quantitative estimate of drug-likeness (QED) is 0.419. The lowest BCUT2D eigenvalue weighted by Gasteiger charge is -2.05. The van der Waals surface area contributed by atoms with Crippen molar-refractivity contribution >= 4 is 6.08 Å². The van der Waals surface area contributed by atoms with Crippen molar-refractivity contribution in [1.82, 2.24) is 0 Å². The van der Waals surface area contributed by atoms with Crippen molar-refractivity contribution in [1.29, 1.82) is 0 Å². The third-order valence-corrected chi connectivity index (χ3v) is 1.73. The Morgan fingerprint density at radius 2 is 2.13 bits per heavy atom. The average Bonchev–Trinajstić information content (AvgIpc) is 2.25. The van der Waals surface area contributed by atoms with Crippen LogP contribution in [0.1, 0.15) is 12.5 Å². The fourth-order valence-corrected chi connectivity index (χ4v) is 1.02. The Bertz CT molecular complexity index is 375. The lowest BCUT2D eigenvalue weighted by molar-refractivity contribution is 0.352. The number of hydrogen-bond donors (Lipinski definition) is 0. The van der Waals surface area contributed by atoms with Gasteiger partial charge in [-0.15, -0.1) is 0 Å². The zero-order chi connectivity index (χ0) is 11.1. The Morgan fingerprint density at radius 3 is 2.67 bits per heavy atom. The Hall–Kier alpha value is -1.86. The van der Waals surface area contributed by atoms with E-state index in [0.29, 0.717) is 13.2 Å². The predicted molar refractivity (Wildman–Crippen MR) is 58.6 cm³/mol. The van der Waals surface area contributed by atoms with Gasteiger partial charge in [-0.2, -0.15) is 0 Å². The van der Waals surface area contributed by atoms with E-state index in [1.807, 2.05) is 31.2 Å². The highest BCUT2D eigenvalue weighted by Gasteiger charge is 1.94. The molecule has 78 valence electrons. The molecule has 0 unspecified atom stereocenters. The second-order valence-corrected chi connectivity index (χ2v) is 3.30. The smallest absolute Gasteiger partial charge is 0.235 e. The summed E-state index contributed by atoms with van der Waals surface area (Å²) >= 11 is 0. The van der Waals surface area contributed by atoms with Gasteiger partial charge in [-0.3, -0.25) is 0 Å². The molecule has 0 radical (unpaired) electrons. The third-order valence-electron chi connectivity index (χ3n) is 1.73. The molecule has 1 aromatic carbocycles. The molecule has 15 heavy (non-hydrogen) atoms. The van der Waals surface area contributed by atoms with Gasteiger partial charge in [0.2, 0.25) is 6.08 Å². The lowest BCUT2D eigenvalue weighted by atomic mass is 10.2. The largest absolute Gasteiger partial charge is 0.489 e. The molecule has 0 bridgehead atoms. The fraction of sp³-hybridized carbons (Fsp3) is 0.250. The van der Waals surface area contributed by atoms with Crippen LogP contribution in [0.15, 0.2) is 41.4 Å². The maximum atomic E-state index is 9.90. The molecule has 0 atom stereocenters. The minimum Gasteiger partial charge on any atom is -0.489 e. The highest BCUT2D eigenvalue weighted by molar-refractivity contribution is 5.34. The first kappa shape index (κ1) is 11.2. The summed E-state index contributed by atoms with van der Waals surface area (Å²) in [6, 6.07) is 7.43. The van der Waals surface area contributed by atoms with Gasteiger partial charge >= 0.3 is 0 Å². The second-order valence-electron chi connectivity index (χ2n) is 3.30. The van der Waals surface area contributed by atoms with Crippen LogP contribution in [0.25, 0.3) is 0 Å². The van der Waals surface area contributed by atoms with E-state index in [0.717, 1.165) is 16.9 Å². The number of benzene rings is 1. The molecule has 0 fully saturated rings. The third kappa shape index (κ3) is 4.25. The first-order valence-electron chi connectivity index (χ1n) is 4.62. The van der Waals surface area contributed by atoms with Crippen LogP contribution in [0.2, 0.25) is 0 Å². The van der Waals surface area contributed by atoms with Crippen LogP contribution in [0.4, 0.5) is 0 Å². The van der Waals surface area contributed by atoms with Crippen LogP contribution in [0, 0.1) is 0 Å². The molecule has 0 amide bonds. The topological polar surface area (TPSA) is 38.7 Å². The molecule has 0 aromatic heterocycles. The fourth-order valence-electron chi connectivity index (χ4n) is 1.02. The van der Waals surface area contributed by atoms with E-state index in [9.17, 15) is 4.79 Å². The first-order chi connectivity index (χ1) is 7.22. The van der Waals surface area contributed by atoms with E-state index in [2.05, 4.69) is 11.6 Å². The van der Waals surface area contributed by atoms with Crippen molar-refractivity contribution in [2.24, 2.45) is 4.99 Å². The van der Waals surface area contributed by atoms with Crippen molar-refractivity contribution < 1.29 is 9.53 Å². The molecular formula is C12H13NO2. The van der Waals surface area contributed by atoms with E-state index in [4.69, 9.17) is 4.74 Å². The van der Waals surface area contributed by atoms with Gasteiger partial charge in [0.05, 0.1) is 6.54 Å². The summed E-state index contributed by atoms with van der Waals surface area (Å²) in [6.07, 6.45) is 1.50. The van der Waals surface area contributed by atoms with E-state index >= 15 is 0 Å². The first-order valence-corrected chi connectivity index (χ1v) is 4.62. The van der Waals surface area contributed by atoms with Crippen LogP contribution in [0.5, 0.6) is 5.75 Å². The number of aliphatic imine (C=N–C) groups is 1. The predicted octanol–water partition coefficient (Wildman–Crippen LogP) is 2.48. The second kappa shape index (κ2) is 5.78. The van der Waals surface area contributed by atoms with Gasteiger partial charge in [0.15, 0.2) is 0 Å². The van der Waals surface area contributed by atoms with Crippen LogP contribution in [-0.4, -0.2) is 12.7 Å². The Labute approximate surface area is 89.1 Å². The van der Waals surface area contributed by atoms with Crippen LogP contribution >= 0.6 is 0 Å². The SMILES string of the molecule is C=C(C)COc1ccc(CN=C=O)cc1. The molecular weight excluding hydrogens is 190 g/mol. The molecule has 3 heteroatoms. The summed E-state index contributed by atoms with van der Waals surface area (Å²) in [6.45, 7) is 6.54. The summed E-state index contributed by atoms with van der Waals surface area (Å²) in [4.78, 5) is 13.4. The Kier molecular flexibility index (Phi) is 4.32. The number of nitrogens with zero attached hydrogens (tertiary/aromatic N) is 1. The van der Waals surface area contributed by atoms with Gasteiger partial charge in [0, 0.05) is 0 Å². The van der Waals surface area contributed by atoms with Crippen molar-refractivity contribution in [3.63, 3.8) is 0 Å². The minimum atomic E-state index is 0.365. The zero-order valence-electron chi connectivity index (χ0n) is 8.69. The van der Waals surface area contributed by atoms with Gasteiger partial charge < -0.3 is 4.74 Å². The molecule has 0 N–H and O–H groups in total. The Morgan fingerprint density at radius 1 is 1.47 bits per heavy atom. The molecule has 3 nitrogen and oxygen atoms in total. The van der Waals surface area contributed by atoms with Crippen molar-refractivity contribution in [2.75, 3.05) is 6.61 Å². The van der Waals surface area contributed by atoms with Gasteiger partial charge in [0.1, 0.15) is 12.4 Å². The number of hydrogen-bond acceptors (Lipinski definition) is 3. The molecule has 0 aliphatic carbocycles. The summed E-state index contributed by atoms with van der Waals surface area (Å²) in [5.41, 5.74) is 1.94. The highest BCUT2D eigenvalue weighted by atomic mass is 16.5. The molecule has 0 heterocycles. The van der Waals surface area contributed by atoms with Gasteiger partial charge in [-0.05, 0) is 30.2 Å². The van der Waals surface area contributed by atoms with Crippen LogP contribution in [-0.2, 0) is 11.3 Å². The minimum absolute atomic E-state index is 0.365. The molecule has 0 aliphatic rings. The normalized spacial score (nSPS) is 9.13. The Balaban J connectivity index is 2.55. The molecule has 0 aliphatic heterocycles. The zero-order valence-corrected chi connectivity index (χ0v) is 8.69. The number of carbonyl (C=O) groups excluding carboxylic acids is 1. The average molecular weight is 203 g/mol. The maximum Gasteiger partial charge on any atom is 0.235 e. The molecule has 0 saturated heterocycles. The number of isocyanates is 1. The monoisotopic (exact) mass is 203 g/mol. The van der Waals surface area contributed by atoms with E-state index < -0.39 is 0 Å². The van der Waals surface area contributed by atoms with Gasteiger partial charge in [0.25, 0.3) is 0 Å². The molecule has 0 spiro atoms. The lowest BCUT2D eigenvalue weighted by Crippen LogP contribution is -1.97. The summed E-state index contributed by atoms with van der Waals surface area (Å²) < 4.78 is 5.42.